The highest BCUT2D eigenvalue weighted by molar-refractivity contribution is 6.28. The quantitative estimate of drug-likeness (QED) is 0.187. The minimum absolute atomic E-state index is 0.643. The Kier molecular flexibility index (Phi) is 6.52. The van der Waals surface area contributed by atoms with Gasteiger partial charge in [-0.2, -0.15) is 0 Å². The molecule has 11 aromatic rings. The van der Waals surface area contributed by atoms with Crippen LogP contribution in [-0.2, 0) is 0 Å². The molecule has 0 fully saturated rings. The first-order valence-electron chi connectivity index (χ1n) is 18.0. The van der Waals surface area contributed by atoms with Crippen LogP contribution in [0, 0.1) is 0 Å². The molecule has 53 heavy (non-hydrogen) atoms. The molecule has 0 aliphatic carbocycles. The molecule has 2 aromatic heterocycles. The highest BCUT2D eigenvalue weighted by Gasteiger charge is 2.20. The van der Waals surface area contributed by atoms with Gasteiger partial charge in [0.25, 0.3) is 0 Å². The van der Waals surface area contributed by atoms with Crippen LogP contribution in [0.15, 0.2) is 182 Å². The van der Waals surface area contributed by atoms with E-state index in [-0.39, 0.29) is 0 Å². The van der Waals surface area contributed by atoms with E-state index in [1.165, 1.54) is 48.7 Å². The Bertz CT molecular complexity index is 3140. The second-order valence-corrected chi connectivity index (χ2v) is 13.6. The molecule has 4 heteroatoms. The Balaban J connectivity index is 1.18. The van der Waals surface area contributed by atoms with Crippen LogP contribution in [-0.4, -0.2) is 19.5 Å². The lowest BCUT2D eigenvalue weighted by atomic mass is 10.00. The summed E-state index contributed by atoms with van der Waals surface area (Å²) in [6.07, 6.45) is 0. The lowest BCUT2D eigenvalue weighted by Crippen LogP contribution is -2.01. The Morgan fingerprint density at radius 3 is 1.57 bits per heavy atom. The molecule has 0 radical (unpaired) electrons. The van der Waals surface area contributed by atoms with Crippen LogP contribution in [0.25, 0.3) is 105 Å². The maximum absolute atomic E-state index is 5.19. The molecule has 0 amide bonds. The van der Waals surface area contributed by atoms with E-state index in [9.17, 15) is 0 Å². The van der Waals surface area contributed by atoms with Gasteiger partial charge in [0, 0.05) is 32.8 Å². The molecule has 0 spiro atoms. The molecule has 0 bridgehead atoms. The fourth-order valence-corrected chi connectivity index (χ4v) is 8.16. The maximum atomic E-state index is 5.19. The molecule has 11 rings (SSSR count). The van der Waals surface area contributed by atoms with Crippen LogP contribution in [0.5, 0.6) is 0 Å². The Labute approximate surface area is 305 Å². The van der Waals surface area contributed by atoms with E-state index in [0.29, 0.717) is 17.5 Å². The van der Waals surface area contributed by atoms with E-state index in [2.05, 4.69) is 168 Å². The zero-order valence-electron chi connectivity index (χ0n) is 28.6. The summed E-state index contributed by atoms with van der Waals surface area (Å²) in [5, 5.41) is 12.1. The summed E-state index contributed by atoms with van der Waals surface area (Å²) in [4.78, 5) is 15.4. The second kappa shape index (κ2) is 11.7. The molecule has 0 saturated carbocycles. The van der Waals surface area contributed by atoms with Crippen LogP contribution < -0.4 is 0 Å². The van der Waals surface area contributed by atoms with Gasteiger partial charge in [-0.15, -0.1) is 0 Å². The van der Waals surface area contributed by atoms with Crippen LogP contribution in [0.3, 0.4) is 0 Å². The molecule has 246 valence electrons. The molecular formula is C49H30N4. The summed E-state index contributed by atoms with van der Waals surface area (Å²) in [5.41, 5.74) is 6.33. The van der Waals surface area contributed by atoms with Gasteiger partial charge in [0.15, 0.2) is 17.5 Å². The standard InChI is InChI=1S/C49H30N4/c1-2-15-34(16-3-1)47-50-48(36-25-24-31-12-4-5-17-35(31)30-36)52-49(51-47)41-22-10-21-40-39(41)20-11-23-42(40)53-43-28-26-32-13-6-8-18-37(32)45(43)46-38-19-9-7-14-33(38)27-29-44(46)53/h1-30H. The number of hydrogen-bond donors (Lipinski definition) is 0. The van der Waals surface area contributed by atoms with Crippen LogP contribution in [0.1, 0.15) is 0 Å². The van der Waals surface area contributed by atoms with E-state index in [4.69, 9.17) is 15.0 Å². The van der Waals surface area contributed by atoms with Crippen molar-refractivity contribution in [2.45, 2.75) is 0 Å². The van der Waals surface area contributed by atoms with Crippen LogP contribution in [0.4, 0.5) is 0 Å². The highest BCUT2D eigenvalue weighted by Crippen LogP contribution is 2.42. The van der Waals surface area contributed by atoms with Gasteiger partial charge >= 0.3 is 0 Å². The first-order valence-corrected chi connectivity index (χ1v) is 18.0. The van der Waals surface area contributed by atoms with E-state index >= 15 is 0 Å². The van der Waals surface area contributed by atoms with Crippen molar-refractivity contribution in [2.24, 2.45) is 0 Å². The molecule has 0 aliphatic rings. The van der Waals surface area contributed by atoms with Gasteiger partial charge in [-0.25, -0.2) is 15.0 Å². The predicted octanol–water partition coefficient (Wildman–Crippen LogP) is 12.6. The third-order valence-corrected chi connectivity index (χ3v) is 10.6. The summed E-state index contributed by atoms with van der Waals surface area (Å²) >= 11 is 0. The average Bonchev–Trinajstić information content (AvgIpc) is 3.58. The molecule has 4 nitrogen and oxygen atoms in total. The SMILES string of the molecule is c1ccc(-c2nc(-c3ccc4ccccc4c3)nc(-c3cccc4c(-n5c6ccc7ccccc7c6c6c7ccccc7ccc65)cccc34)n2)cc1. The summed E-state index contributed by atoms with van der Waals surface area (Å²) in [6.45, 7) is 0. The Morgan fingerprint density at radius 2 is 0.849 bits per heavy atom. The van der Waals surface area contributed by atoms with Gasteiger partial charge in [-0.05, 0) is 62.0 Å². The fraction of sp³-hybridized carbons (Fsp3) is 0. The summed E-state index contributed by atoms with van der Waals surface area (Å²) in [5.74, 6) is 1.94. The normalized spacial score (nSPS) is 11.8. The molecule has 0 atom stereocenters. The predicted molar refractivity (Wildman–Crippen MR) is 220 cm³/mol. The van der Waals surface area contributed by atoms with Crippen LogP contribution >= 0.6 is 0 Å². The molecule has 0 aliphatic heterocycles. The van der Waals surface area contributed by atoms with E-state index in [0.717, 1.165) is 38.5 Å². The van der Waals surface area contributed by atoms with Crippen molar-refractivity contribution < 1.29 is 0 Å². The largest absolute Gasteiger partial charge is 0.309 e. The third kappa shape index (κ3) is 4.66. The fourth-order valence-electron chi connectivity index (χ4n) is 8.16. The minimum atomic E-state index is 0.643. The smallest absolute Gasteiger partial charge is 0.164 e. The number of aromatic nitrogens is 4. The molecule has 0 N–H and O–H groups in total. The van der Waals surface area contributed by atoms with Gasteiger partial charge in [0.2, 0.25) is 0 Å². The summed E-state index contributed by atoms with van der Waals surface area (Å²) in [6, 6.07) is 64.5. The third-order valence-electron chi connectivity index (χ3n) is 10.6. The second-order valence-electron chi connectivity index (χ2n) is 13.6. The van der Waals surface area contributed by atoms with Gasteiger partial charge in [-0.1, -0.05) is 158 Å². The van der Waals surface area contributed by atoms with Crippen molar-refractivity contribution >= 4 is 64.9 Å². The maximum Gasteiger partial charge on any atom is 0.164 e. The van der Waals surface area contributed by atoms with Gasteiger partial charge in [-0.3, -0.25) is 0 Å². The first-order chi connectivity index (χ1) is 26.3. The Hall–Kier alpha value is -7.17. The lowest BCUT2D eigenvalue weighted by Gasteiger charge is -2.15. The lowest BCUT2D eigenvalue weighted by molar-refractivity contribution is 1.08. The first kappa shape index (κ1) is 29.5. The van der Waals surface area contributed by atoms with Crippen molar-refractivity contribution in [2.75, 3.05) is 0 Å². The highest BCUT2D eigenvalue weighted by atomic mass is 15.0. The summed E-state index contributed by atoms with van der Waals surface area (Å²) in [7, 11) is 0. The van der Waals surface area contributed by atoms with Gasteiger partial charge in [0.05, 0.1) is 16.7 Å². The molecular weight excluding hydrogens is 645 g/mol. The number of nitrogens with zero attached hydrogens (tertiary/aromatic N) is 4. The molecule has 9 aromatic carbocycles. The van der Waals surface area contributed by atoms with Gasteiger partial charge in [0.1, 0.15) is 0 Å². The number of hydrogen-bond acceptors (Lipinski definition) is 3. The monoisotopic (exact) mass is 674 g/mol. The zero-order chi connectivity index (χ0) is 34.9. The molecule has 0 saturated heterocycles. The average molecular weight is 675 g/mol. The van der Waals surface area contributed by atoms with E-state index < -0.39 is 0 Å². The summed E-state index contributed by atoms with van der Waals surface area (Å²) < 4.78 is 2.44. The van der Waals surface area contributed by atoms with Crippen LogP contribution in [0.2, 0.25) is 0 Å². The van der Waals surface area contributed by atoms with Crippen molar-refractivity contribution in [3.05, 3.63) is 182 Å². The van der Waals surface area contributed by atoms with Crippen molar-refractivity contribution in [1.82, 2.24) is 19.5 Å². The zero-order valence-corrected chi connectivity index (χ0v) is 28.6. The number of rotatable bonds is 4. The van der Waals surface area contributed by atoms with Crippen molar-refractivity contribution in [3.8, 4) is 39.9 Å². The van der Waals surface area contributed by atoms with E-state index in [1.807, 2.05) is 18.2 Å². The minimum Gasteiger partial charge on any atom is -0.309 e. The van der Waals surface area contributed by atoms with Crippen molar-refractivity contribution in [1.29, 1.82) is 0 Å². The Morgan fingerprint density at radius 1 is 0.321 bits per heavy atom. The van der Waals surface area contributed by atoms with E-state index in [1.54, 1.807) is 0 Å². The topological polar surface area (TPSA) is 43.6 Å². The van der Waals surface area contributed by atoms with Gasteiger partial charge < -0.3 is 4.57 Å². The molecule has 2 heterocycles. The number of benzene rings is 9. The van der Waals surface area contributed by atoms with Crippen molar-refractivity contribution in [3.63, 3.8) is 0 Å². The number of fused-ring (bicyclic) bond motifs is 9. The molecule has 0 unspecified atom stereocenters.